The van der Waals surface area contributed by atoms with Crippen molar-refractivity contribution in [2.75, 3.05) is 12.4 Å². The molecule has 0 N–H and O–H groups in total. The summed E-state index contributed by atoms with van der Waals surface area (Å²) in [6.07, 6.45) is 5.80. The Morgan fingerprint density at radius 3 is 2.62 bits per heavy atom. The molecule has 1 aromatic carbocycles. The SMILES string of the molecule is Cc1cc(Br)cc([N+](=O)[O-])c1OCC1(CS)CCCCC1. The number of nitrogens with zero attached hydrogens (tertiary/aromatic N) is 1. The highest BCUT2D eigenvalue weighted by Crippen LogP contribution is 2.40. The van der Waals surface area contributed by atoms with Gasteiger partial charge >= 0.3 is 5.69 Å². The van der Waals surface area contributed by atoms with Crippen LogP contribution in [0.4, 0.5) is 5.69 Å². The molecular weight excluding hydrogens is 354 g/mol. The molecule has 0 bridgehead atoms. The fourth-order valence-corrected chi connectivity index (χ4v) is 3.88. The number of hydrogen-bond donors (Lipinski definition) is 1. The van der Waals surface area contributed by atoms with Gasteiger partial charge < -0.3 is 4.74 Å². The Balaban J connectivity index is 2.21. The highest BCUT2D eigenvalue weighted by molar-refractivity contribution is 9.10. The van der Waals surface area contributed by atoms with Crippen molar-refractivity contribution >= 4 is 34.2 Å². The summed E-state index contributed by atoms with van der Waals surface area (Å²) in [5.74, 6) is 1.14. The van der Waals surface area contributed by atoms with E-state index in [9.17, 15) is 10.1 Å². The molecule has 0 aromatic heterocycles. The van der Waals surface area contributed by atoms with Crippen molar-refractivity contribution in [2.24, 2.45) is 5.41 Å². The normalized spacial score (nSPS) is 17.5. The van der Waals surface area contributed by atoms with Gasteiger partial charge in [-0.25, -0.2) is 0 Å². The third kappa shape index (κ3) is 3.92. The molecule has 116 valence electrons. The van der Waals surface area contributed by atoms with Crippen LogP contribution in [0.1, 0.15) is 37.7 Å². The van der Waals surface area contributed by atoms with Gasteiger partial charge in [-0.05, 0) is 37.1 Å². The second-order valence-electron chi connectivity index (χ2n) is 5.84. The van der Waals surface area contributed by atoms with Crippen LogP contribution in [0.5, 0.6) is 5.75 Å². The van der Waals surface area contributed by atoms with E-state index in [1.165, 1.54) is 25.3 Å². The van der Waals surface area contributed by atoms with Gasteiger partial charge in [0.05, 0.1) is 11.5 Å². The molecule has 4 nitrogen and oxygen atoms in total. The van der Waals surface area contributed by atoms with Crippen LogP contribution in [0.2, 0.25) is 0 Å². The maximum absolute atomic E-state index is 11.2. The maximum Gasteiger partial charge on any atom is 0.312 e. The van der Waals surface area contributed by atoms with Gasteiger partial charge in [-0.3, -0.25) is 10.1 Å². The van der Waals surface area contributed by atoms with Gasteiger partial charge in [0.15, 0.2) is 5.75 Å². The van der Waals surface area contributed by atoms with E-state index in [1.807, 2.05) is 13.0 Å². The Labute approximate surface area is 138 Å². The number of nitro benzene ring substituents is 1. The van der Waals surface area contributed by atoms with Crippen molar-refractivity contribution in [2.45, 2.75) is 39.0 Å². The lowest BCUT2D eigenvalue weighted by molar-refractivity contribution is -0.386. The van der Waals surface area contributed by atoms with E-state index in [-0.39, 0.29) is 16.0 Å². The van der Waals surface area contributed by atoms with Crippen LogP contribution < -0.4 is 4.74 Å². The molecule has 0 radical (unpaired) electrons. The van der Waals surface area contributed by atoms with Gasteiger partial charge in [-0.2, -0.15) is 12.6 Å². The number of hydrogen-bond acceptors (Lipinski definition) is 4. The van der Waals surface area contributed by atoms with E-state index >= 15 is 0 Å². The molecule has 0 aliphatic heterocycles. The minimum absolute atomic E-state index is 0.0204. The zero-order valence-corrected chi connectivity index (χ0v) is 14.6. The van der Waals surface area contributed by atoms with E-state index in [2.05, 4.69) is 28.6 Å². The van der Waals surface area contributed by atoms with Crippen molar-refractivity contribution in [3.8, 4) is 5.75 Å². The summed E-state index contributed by atoms with van der Waals surface area (Å²) in [5.41, 5.74) is 0.850. The zero-order chi connectivity index (χ0) is 15.5. The number of nitro groups is 1. The molecule has 1 saturated carbocycles. The molecule has 1 aromatic rings. The van der Waals surface area contributed by atoms with Gasteiger partial charge in [0.25, 0.3) is 0 Å². The van der Waals surface area contributed by atoms with Gasteiger partial charge in [0.1, 0.15) is 0 Å². The van der Waals surface area contributed by atoms with E-state index in [0.717, 1.165) is 24.2 Å². The molecule has 1 aliphatic carbocycles. The Morgan fingerprint density at radius 2 is 2.05 bits per heavy atom. The molecule has 0 saturated heterocycles. The van der Waals surface area contributed by atoms with Crippen molar-refractivity contribution in [1.82, 2.24) is 0 Å². The van der Waals surface area contributed by atoms with Crippen LogP contribution >= 0.6 is 28.6 Å². The first-order chi connectivity index (χ1) is 9.97. The van der Waals surface area contributed by atoms with Crippen molar-refractivity contribution in [3.63, 3.8) is 0 Å². The number of ether oxygens (including phenoxy) is 1. The third-order valence-corrected chi connectivity index (χ3v) is 5.32. The quantitative estimate of drug-likeness (QED) is 0.452. The number of rotatable bonds is 5. The Kier molecular flexibility index (Phi) is 5.54. The highest BCUT2D eigenvalue weighted by Gasteiger charge is 2.32. The summed E-state index contributed by atoms with van der Waals surface area (Å²) in [7, 11) is 0. The molecule has 0 heterocycles. The minimum atomic E-state index is -0.388. The first kappa shape index (κ1) is 16.6. The topological polar surface area (TPSA) is 52.4 Å². The first-order valence-corrected chi connectivity index (χ1v) is 8.58. The smallest absolute Gasteiger partial charge is 0.312 e. The lowest BCUT2D eigenvalue weighted by atomic mass is 9.76. The van der Waals surface area contributed by atoms with E-state index in [1.54, 1.807) is 0 Å². The molecular formula is C15H20BrNO3S. The summed E-state index contributed by atoms with van der Waals surface area (Å²) in [5, 5.41) is 11.2. The van der Waals surface area contributed by atoms with Gasteiger partial charge in [0.2, 0.25) is 0 Å². The summed E-state index contributed by atoms with van der Waals surface area (Å²) < 4.78 is 6.60. The fraction of sp³-hybridized carbons (Fsp3) is 0.600. The second kappa shape index (κ2) is 7.01. The van der Waals surface area contributed by atoms with Gasteiger partial charge in [-0.1, -0.05) is 35.2 Å². The molecule has 0 amide bonds. The molecule has 21 heavy (non-hydrogen) atoms. The van der Waals surface area contributed by atoms with Crippen LogP contribution in [0.25, 0.3) is 0 Å². The second-order valence-corrected chi connectivity index (χ2v) is 7.07. The number of thiol groups is 1. The van der Waals surface area contributed by atoms with Crippen LogP contribution in [0, 0.1) is 22.5 Å². The predicted molar refractivity (Wildman–Crippen MR) is 90.4 cm³/mol. The van der Waals surface area contributed by atoms with Gasteiger partial charge in [0, 0.05) is 16.0 Å². The number of benzene rings is 1. The van der Waals surface area contributed by atoms with E-state index in [4.69, 9.17) is 4.74 Å². The highest BCUT2D eigenvalue weighted by atomic mass is 79.9. The van der Waals surface area contributed by atoms with Crippen LogP contribution in [0.3, 0.4) is 0 Å². The monoisotopic (exact) mass is 373 g/mol. The standard InChI is InChI=1S/C15H20BrNO3S/c1-11-7-12(16)8-13(17(18)19)14(11)20-9-15(10-21)5-3-2-4-6-15/h7-8,21H,2-6,9-10H2,1H3. The minimum Gasteiger partial charge on any atom is -0.486 e. The maximum atomic E-state index is 11.2. The predicted octanol–water partition coefficient (Wildman–Crippen LogP) is 4.92. The molecule has 0 atom stereocenters. The first-order valence-electron chi connectivity index (χ1n) is 7.16. The van der Waals surface area contributed by atoms with Crippen LogP contribution in [-0.2, 0) is 0 Å². The summed E-state index contributed by atoms with van der Waals surface area (Å²) >= 11 is 7.78. The van der Waals surface area contributed by atoms with E-state index in [0.29, 0.717) is 16.8 Å². The Morgan fingerprint density at radius 1 is 1.38 bits per heavy atom. The molecule has 2 rings (SSSR count). The van der Waals surface area contributed by atoms with E-state index < -0.39 is 0 Å². The molecule has 1 fully saturated rings. The van der Waals surface area contributed by atoms with Crippen LogP contribution in [0.15, 0.2) is 16.6 Å². The Hall–Kier alpha value is -0.750. The average Bonchev–Trinajstić information content (AvgIpc) is 2.46. The molecule has 6 heteroatoms. The summed E-state index contributed by atoms with van der Waals surface area (Å²) in [6, 6.07) is 3.34. The Bertz CT molecular complexity index is 530. The summed E-state index contributed by atoms with van der Waals surface area (Å²) in [6.45, 7) is 2.33. The molecule has 0 unspecified atom stereocenters. The van der Waals surface area contributed by atoms with Crippen molar-refractivity contribution < 1.29 is 9.66 Å². The van der Waals surface area contributed by atoms with Crippen molar-refractivity contribution in [3.05, 3.63) is 32.3 Å². The number of aryl methyl sites for hydroxylation is 1. The van der Waals surface area contributed by atoms with Gasteiger partial charge in [-0.15, -0.1) is 0 Å². The number of halogens is 1. The summed E-state index contributed by atoms with van der Waals surface area (Å²) in [4.78, 5) is 10.8. The molecule has 1 aliphatic rings. The molecule has 0 spiro atoms. The van der Waals surface area contributed by atoms with Crippen LogP contribution in [-0.4, -0.2) is 17.3 Å². The third-order valence-electron chi connectivity index (χ3n) is 4.19. The fourth-order valence-electron chi connectivity index (χ4n) is 2.91. The lowest BCUT2D eigenvalue weighted by Gasteiger charge is -2.35. The largest absolute Gasteiger partial charge is 0.486 e. The lowest BCUT2D eigenvalue weighted by Crippen LogP contribution is -2.33. The zero-order valence-electron chi connectivity index (χ0n) is 12.1. The van der Waals surface area contributed by atoms with Crippen molar-refractivity contribution in [1.29, 1.82) is 0 Å². The average molecular weight is 374 g/mol.